The van der Waals surface area contributed by atoms with Crippen LogP contribution in [0, 0.1) is 0 Å². The molecule has 0 atom stereocenters. The molecule has 2 aromatic heterocycles. The van der Waals surface area contributed by atoms with Gasteiger partial charge >= 0.3 is 0 Å². The topological polar surface area (TPSA) is 66.9 Å². The quantitative estimate of drug-likeness (QED) is 0.708. The van der Waals surface area contributed by atoms with Crippen molar-refractivity contribution in [2.75, 3.05) is 14.2 Å². The molecule has 26 heavy (non-hydrogen) atoms. The molecule has 0 amide bonds. The summed E-state index contributed by atoms with van der Waals surface area (Å²) in [5.74, 6) is 2.14. The lowest BCUT2D eigenvalue weighted by Gasteiger charge is -2.15. The largest absolute Gasteiger partial charge is 0.496 e. The molecule has 0 spiro atoms. The van der Waals surface area contributed by atoms with Crippen molar-refractivity contribution in [2.45, 2.75) is 31.8 Å². The predicted molar refractivity (Wildman–Crippen MR) is 99.8 cm³/mol. The molecule has 6 nitrogen and oxygen atoms in total. The van der Waals surface area contributed by atoms with E-state index >= 15 is 0 Å². The zero-order valence-corrected chi connectivity index (χ0v) is 15.1. The Morgan fingerprint density at radius 1 is 1.15 bits per heavy atom. The van der Waals surface area contributed by atoms with Crippen molar-refractivity contribution >= 4 is 0 Å². The zero-order valence-electron chi connectivity index (χ0n) is 15.1. The monoisotopic (exact) mass is 349 g/mol. The number of H-pyrrole nitrogens is 1. The Morgan fingerprint density at radius 2 is 1.92 bits per heavy atom. The number of ether oxygens (including phenoxy) is 1. The van der Waals surface area contributed by atoms with Gasteiger partial charge in [0.25, 0.3) is 0 Å². The first kappa shape index (κ1) is 16.7. The first-order chi connectivity index (χ1) is 12.7. The van der Waals surface area contributed by atoms with Gasteiger partial charge in [-0.25, -0.2) is 9.97 Å². The summed E-state index contributed by atoms with van der Waals surface area (Å²) in [7, 11) is 3.75. The second kappa shape index (κ2) is 7.25. The van der Waals surface area contributed by atoms with E-state index in [1.165, 1.54) is 18.5 Å². The summed E-state index contributed by atoms with van der Waals surface area (Å²) in [6.45, 7) is 1.61. The number of aromatic amines is 1. The minimum absolute atomic E-state index is 0.677. The summed E-state index contributed by atoms with van der Waals surface area (Å²) >= 11 is 0. The third-order valence-corrected chi connectivity index (χ3v) is 4.59. The van der Waals surface area contributed by atoms with E-state index in [1.54, 1.807) is 7.11 Å². The Labute approximate surface area is 153 Å². The molecule has 4 rings (SSSR count). The van der Waals surface area contributed by atoms with E-state index < -0.39 is 0 Å². The van der Waals surface area contributed by atoms with E-state index in [1.807, 2.05) is 36.7 Å². The normalized spacial score (nSPS) is 14.0. The van der Waals surface area contributed by atoms with Crippen LogP contribution in [0.3, 0.4) is 0 Å². The number of aromatic nitrogens is 4. The van der Waals surface area contributed by atoms with Gasteiger partial charge in [0.1, 0.15) is 5.75 Å². The number of hydrogen-bond donors (Lipinski definition) is 1. The third kappa shape index (κ3) is 3.75. The number of nitrogens with one attached hydrogen (secondary N) is 1. The Bertz CT molecular complexity index is 870. The molecule has 0 bridgehead atoms. The third-order valence-electron chi connectivity index (χ3n) is 4.59. The van der Waals surface area contributed by atoms with Crippen LogP contribution in [0.4, 0.5) is 0 Å². The Morgan fingerprint density at radius 3 is 2.65 bits per heavy atom. The highest BCUT2D eigenvalue weighted by Crippen LogP contribution is 2.39. The van der Waals surface area contributed by atoms with Crippen LogP contribution in [-0.4, -0.2) is 39.2 Å². The fourth-order valence-electron chi connectivity index (χ4n) is 3.11. The molecule has 134 valence electrons. The standard InChI is InChI=1S/C20H23N5O/c1-25(13-16-9-18(24-23-16)15-7-8-15)12-14-10-21-20(22-11-14)17-5-3-4-6-19(17)26-2/h3-6,9-11,15H,7-8,12-13H2,1-2H3,(H,23,24). The van der Waals surface area contributed by atoms with Crippen LogP contribution >= 0.6 is 0 Å². The molecule has 3 aromatic rings. The molecule has 1 N–H and O–H groups in total. The van der Waals surface area contributed by atoms with Gasteiger partial charge in [0, 0.05) is 42.7 Å². The predicted octanol–water partition coefficient (Wildman–Crippen LogP) is 3.38. The van der Waals surface area contributed by atoms with Crippen LogP contribution in [-0.2, 0) is 13.1 Å². The second-order valence-corrected chi connectivity index (χ2v) is 6.88. The number of nitrogens with zero attached hydrogens (tertiary/aromatic N) is 4. The van der Waals surface area contributed by atoms with Gasteiger partial charge < -0.3 is 4.74 Å². The molecule has 0 saturated heterocycles. The summed E-state index contributed by atoms with van der Waals surface area (Å²) in [5, 5.41) is 7.56. The molecular weight excluding hydrogens is 326 g/mol. The summed E-state index contributed by atoms with van der Waals surface area (Å²) < 4.78 is 5.39. The van der Waals surface area contributed by atoms with Crippen molar-refractivity contribution < 1.29 is 4.74 Å². The van der Waals surface area contributed by atoms with Crippen LogP contribution in [0.5, 0.6) is 5.75 Å². The smallest absolute Gasteiger partial charge is 0.162 e. The lowest BCUT2D eigenvalue weighted by molar-refractivity contribution is 0.314. The lowest BCUT2D eigenvalue weighted by atomic mass is 10.2. The minimum Gasteiger partial charge on any atom is -0.496 e. The van der Waals surface area contributed by atoms with Crippen LogP contribution < -0.4 is 4.74 Å². The van der Waals surface area contributed by atoms with Crippen molar-refractivity contribution in [1.29, 1.82) is 0 Å². The van der Waals surface area contributed by atoms with Crippen LogP contribution in [0.2, 0.25) is 0 Å². The molecule has 1 fully saturated rings. The van der Waals surface area contributed by atoms with Gasteiger partial charge in [0.2, 0.25) is 0 Å². The molecule has 1 saturated carbocycles. The van der Waals surface area contributed by atoms with Gasteiger partial charge in [0.15, 0.2) is 5.82 Å². The molecule has 2 heterocycles. The minimum atomic E-state index is 0.677. The Hall–Kier alpha value is -2.73. The van der Waals surface area contributed by atoms with Gasteiger partial charge in [-0.3, -0.25) is 10.00 Å². The fraction of sp³-hybridized carbons (Fsp3) is 0.350. The van der Waals surface area contributed by atoms with Crippen molar-refractivity contribution in [3.05, 3.63) is 59.7 Å². The summed E-state index contributed by atoms with van der Waals surface area (Å²) in [6.07, 6.45) is 6.31. The van der Waals surface area contributed by atoms with Crippen molar-refractivity contribution in [3.63, 3.8) is 0 Å². The SMILES string of the molecule is COc1ccccc1-c1ncc(CN(C)Cc2cc(C3CC3)n[nH]2)cn1. The average molecular weight is 349 g/mol. The van der Waals surface area contributed by atoms with Crippen molar-refractivity contribution in [1.82, 2.24) is 25.1 Å². The van der Waals surface area contributed by atoms with E-state index in [4.69, 9.17) is 4.74 Å². The first-order valence-electron chi connectivity index (χ1n) is 8.90. The van der Waals surface area contributed by atoms with Crippen LogP contribution in [0.25, 0.3) is 11.4 Å². The molecule has 0 unspecified atom stereocenters. The Kier molecular flexibility index (Phi) is 4.67. The van der Waals surface area contributed by atoms with Crippen molar-refractivity contribution in [2.24, 2.45) is 0 Å². The van der Waals surface area contributed by atoms with Gasteiger partial charge in [0.05, 0.1) is 18.4 Å². The second-order valence-electron chi connectivity index (χ2n) is 6.88. The molecule has 1 aliphatic carbocycles. The van der Waals surface area contributed by atoms with Crippen LogP contribution in [0.1, 0.15) is 35.7 Å². The maximum absolute atomic E-state index is 5.39. The fourth-order valence-corrected chi connectivity index (χ4v) is 3.11. The summed E-state index contributed by atoms with van der Waals surface area (Å²) in [5.41, 5.74) is 4.34. The first-order valence-corrected chi connectivity index (χ1v) is 8.90. The molecule has 0 aliphatic heterocycles. The van der Waals surface area contributed by atoms with Gasteiger partial charge in [-0.05, 0) is 38.1 Å². The van der Waals surface area contributed by atoms with Gasteiger partial charge in [-0.15, -0.1) is 0 Å². The number of methoxy groups -OCH3 is 1. The number of hydrogen-bond acceptors (Lipinski definition) is 5. The van der Waals surface area contributed by atoms with Crippen LogP contribution in [0.15, 0.2) is 42.7 Å². The summed E-state index contributed by atoms with van der Waals surface area (Å²) in [4.78, 5) is 11.3. The molecule has 0 radical (unpaired) electrons. The van der Waals surface area contributed by atoms with Gasteiger partial charge in [-0.1, -0.05) is 12.1 Å². The van der Waals surface area contributed by atoms with E-state index in [9.17, 15) is 0 Å². The van der Waals surface area contributed by atoms with Gasteiger partial charge in [-0.2, -0.15) is 5.10 Å². The number of para-hydroxylation sites is 1. The van der Waals surface area contributed by atoms with E-state index in [0.717, 1.165) is 35.7 Å². The van der Waals surface area contributed by atoms with E-state index in [2.05, 4.69) is 38.2 Å². The maximum Gasteiger partial charge on any atom is 0.162 e. The highest BCUT2D eigenvalue weighted by Gasteiger charge is 2.26. The highest BCUT2D eigenvalue weighted by atomic mass is 16.5. The zero-order chi connectivity index (χ0) is 17.9. The average Bonchev–Trinajstić information content (AvgIpc) is 3.42. The molecule has 1 aromatic carbocycles. The lowest BCUT2D eigenvalue weighted by Crippen LogP contribution is -2.17. The number of rotatable bonds is 7. The highest BCUT2D eigenvalue weighted by molar-refractivity contribution is 5.63. The molecule has 1 aliphatic rings. The van der Waals surface area contributed by atoms with E-state index in [-0.39, 0.29) is 0 Å². The number of benzene rings is 1. The van der Waals surface area contributed by atoms with Crippen molar-refractivity contribution in [3.8, 4) is 17.1 Å². The molecular formula is C20H23N5O. The summed E-state index contributed by atoms with van der Waals surface area (Å²) in [6, 6.07) is 9.98. The maximum atomic E-state index is 5.39. The molecule has 6 heteroatoms. The Balaban J connectivity index is 1.40. The van der Waals surface area contributed by atoms with E-state index in [0.29, 0.717) is 11.7 Å².